The Labute approximate surface area is 124 Å². The van der Waals surface area contributed by atoms with Gasteiger partial charge in [0.25, 0.3) is 5.91 Å². The Kier molecular flexibility index (Phi) is 4.26. The fourth-order valence-electron chi connectivity index (χ4n) is 2.19. The van der Waals surface area contributed by atoms with Gasteiger partial charge in [-0.25, -0.2) is 4.39 Å². The minimum Gasteiger partial charge on any atom is -0.399 e. The summed E-state index contributed by atoms with van der Waals surface area (Å²) in [7, 11) is 0. The smallest absolute Gasteiger partial charge is 0.251 e. The van der Waals surface area contributed by atoms with Crippen molar-refractivity contribution in [2.45, 2.75) is 26.8 Å². The molecule has 0 bridgehead atoms. The van der Waals surface area contributed by atoms with Crippen LogP contribution in [0, 0.1) is 19.7 Å². The molecule has 0 aliphatic carbocycles. The Morgan fingerprint density at radius 2 is 1.90 bits per heavy atom. The summed E-state index contributed by atoms with van der Waals surface area (Å²) in [5.74, 6) is -0.493. The van der Waals surface area contributed by atoms with Crippen molar-refractivity contribution in [2.24, 2.45) is 0 Å². The third-order valence-electron chi connectivity index (χ3n) is 3.41. The minimum atomic E-state index is -0.283. The van der Waals surface area contributed by atoms with E-state index in [0.29, 0.717) is 16.8 Å². The third-order valence-corrected chi connectivity index (χ3v) is 3.41. The summed E-state index contributed by atoms with van der Waals surface area (Å²) < 4.78 is 13.6. The molecule has 4 heteroatoms. The van der Waals surface area contributed by atoms with Gasteiger partial charge in [-0.05, 0) is 61.7 Å². The first-order valence-electron chi connectivity index (χ1n) is 6.81. The molecule has 2 aromatic carbocycles. The van der Waals surface area contributed by atoms with Gasteiger partial charge >= 0.3 is 0 Å². The van der Waals surface area contributed by atoms with Gasteiger partial charge in [-0.3, -0.25) is 4.79 Å². The Morgan fingerprint density at radius 3 is 2.52 bits per heavy atom. The van der Waals surface area contributed by atoms with Gasteiger partial charge in [0.1, 0.15) is 5.82 Å². The summed E-state index contributed by atoms with van der Waals surface area (Å²) in [6, 6.07) is 9.89. The number of hydrogen-bond donors (Lipinski definition) is 2. The van der Waals surface area contributed by atoms with Gasteiger partial charge in [-0.1, -0.05) is 12.1 Å². The maximum atomic E-state index is 13.6. The van der Waals surface area contributed by atoms with Gasteiger partial charge in [0.15, 0.2) is 0 Å². The van der Waals surface area contributed by atoms with Crippen molar-refractivity contribution in [1.82, 2.24) is 5.32 Å². The van der Waals surface area contributed by atoms with E-state index < -0.39 is 0 Å². The first-order chi connectivity index (χ1) is 9.86. The van der Waals surface area contributed by atoms with Crippen LogP contribution in [0.3, 0.4) is 0 Å². The predicted octanol–water partition coefficient (Wildman–Crippen LogP) is 3.52. The molecule has 0 saturated heterocycles. The van der Waals surface area contributed by atoms with Crippen LogP contribution in [0.2, 0.25) is 0 Å². The minimum absolute atomic E-state index is 0.223. The molecule has 3 nitrogen and oxygen atoms in total. The molecule has 2 aromatic rings. The van der Waals surface area contributed by atoms with Crippen LogP contribution in [-0.4, -0.2) is 5.91 Å². The molecule has 0 fully saturated rings. The highest BCUT2D eigenvalue weighted by molar-refractivity contribution is 5.95. The number of anilines is 1. The maximum absolute atomic E-state index is 13.6. The highest BCUT2D eigenvalue weighted by atomic mass is 19.1. The van der Waals surface area contributed by atoms with E-state index in [-0.39, 0.29) is 17.8 Å². The van der Waals surface area contributed by atoms with Crippen LogP contribution in [0.5, 0.6) is 0 Å². The quantitative estimate of drug-likeness (QED) is 0.848. The molecule has 21 heavy (non-hydrogen) atoms. The molecular formula is C17H19FN2O. The number of nitrogens with one attached hydrogen (secondary N) is 1. The summed E-state index contributed by atoms with van der Waals surface area (Å²) >= 11 is 0. The number of halogens is 1. The van der Waals surface area contributed by atoms with E-state index >= 15 is 0 Å². The van der Waals surface area contributed by atoms with Crippen LogP contribution >= 0.6 is 0 Å². The number of benzene rings is 2. The number of rotatable bonds is 3. The van der Waals surface area contributed by atoms with Crippen LogP contribution in [-0.2, 0) is 0 Å². The van der Waals surface area contributed by atoms with Crippen LogP contribution in [0.25, 0.3) is 0 Å². The molecule has 0 aliphatic heterocycles. The zero-order valence-electron chi connectivity index (χ0n) is 12.4. The van der Waals surface area contributed by atoms with Gasteiger partial charge in [-0.15, -0.1) is 0 Å². The van der Waals surface area contributed by atoms with Gasteiger partial charge in [0, 0.05) is 11.3 Å². The average Bonchev–Trinajstić information content (AvgIpc) is 2.40. The van der Waals surface area contributed by atoms with E-state index in [1.807, 2.05) is 19.9 Å². The number of carbonyl (C=O) groups is 1. The topological polar surface area (TPSA) is 55.1 Å². The zero-order chi connectivity index (χ0) is 15.6. The first-order valence-corrected chi connectivity index (χ1v) is 6.81. The standard InChI is InChI=1S/C17H19FN2O/c1-10-6-14(8-15(19)7-10)17(21)20-12(3)13-5-4-11(2)16(18)9-13/h4-9,12H,19H2,1-3H3,(H,20,21). The van der Waals surface area contributed by atoms with Crippen LogP contribution in [0.4, 0.5) is 10.1 Å². The van der Waals surface area contributed by atoms with E-state index in [9.17, 15) is 9.18 Å². The fourth-order valence-corrected chi connectivity index (χ4v) is 2.19. The summed E-state index contributed by atoms with van der Waals surface area (Å²) in [5, 5.41) is 2.85. The van der Waals surface area contributed by atoms with Gasteiger partial charge in [0.05, 0.1) is 6.04 Å². The van der Waals surface area contributed by atoms with Gasteiger partial charge in [0.2, 0.25) is 0 Å². The molecule has 1 atom stereocenters. The second-order valence-electron chi connectivity index (χ2n) is 5.34. The lowest BCUT2D eigenvalue weighted by molar-refractivity contribution is 0.0939. The summed E-state index contributed by atoms with van der Waals surface area (Å²) in [4.78, 5) is 12.2. The van der Waals surface area contributed by atoms with Crippen LogP contribution in [0.15, 0.2) is 36.4 Å². The van der Waals surface area contributed by atoms with E-state index in [2.05, 4.69) is 5.32 Å². The molecule has 0 aromatic heterocycles. The molecule has 110 valence electrons. The monoisotopic (exact) mass is 286 g/mol. The normalized spacial score (nSPS) is 12.0. The van der Waals surface area contributed by atoms with E-state index in [4.69, 9.17) is 5.73 Å². The lowest BCUT2D eigenvalue weighted by Crippen LogP contribution is -2.26. The highest BCUT2D eigenvalue weighted by Crippen LogP contribution is 2.18. The molecule has 2 rings (SSSR count). The second-order valence-corrected chi connectivity index (χ2v) is 5.34. The van der Waals surface area contributed by atoms with Crippen molar-refractivity contribution in [2.75, 3.05) is 5.73 Å². The molecule has 0 heterocycles. The molecule has 0 aliphatic rings. The van der Waals surface area contributed by atoms with Crippen molar-refractivity contribution >= 4 is 11.6 Å². The summed E-state index contributed by atoms with van der Waals surface area (Å²) in [6.45, 7) is 5.41. The molecule has 1 amide bonds. The van der Waals surface area contributed by atoms with E-state index in [1.165, 1.54) is 6.07 Å². The Balaban J connectivity index is 2.16. The van der Waals surface area contributed by atoms with Crippen LogP contribution < -0.4 is 11.1 Å². The second kappa shape index (κ2) is 5.95. The molecule has 3 N–H and O–H groups in total. The predicted molar refractivity (Wildman–Crippen MR) is 82.6 cm³/mol. The van der Waals surface area contributed by atoms with Crippen LogP contribution in [0.1, 0.15) is 40.0 Å². The average molecular weight is 286 g/mol. The summed E-state index contributed by atoms with van der Waals surface area (Å²) in [6.07, 6.45) is 0. The van der Waals surface area contributed by atoms with Crippen molar-refractivity contribution in [1.29, 1.82) is 0 Å². The first kappa shape index (κ1) is 15.0. The Hall–Kier alpha value is -2.36. The number of aryl methyl sites for hydroxylation is 2. The van der Waals surface area contributed by atoms with Crippen molar-refractivity contribution < 1.29 is 9.18 Å². The number of amides is 1. The lowest BCUT2D eigenvalue weighted by Gasteiger charge is -2.15. The molecule has 0 radical (unpaired) electrons. The number of carbonyl (C=O) groups excluding carboxylic acids is 1. The SMILES string of the molecule is Cc1cc(N)cc(C(=O)NC(C)c2ccc(C)c(F)c2)c1. The van der Waals surface area contributed by atoms with Crippen molar-refractivity contribution in [3.05, 3.63) is 64.5 Å². The Morgan fingerprint density at radius 1 is 1.19 bits per heavy atom. The third kappa shape index (κ3) is 3.60. The fraction of sp³-hybridized carbons (Fsp3) is 0.235. The van der Waals surface area contributed by atoms with Crippen molar-refractivity contribution in [3.63, 3.8) is 0 Å². The zero-order valence-corrected chi connectivity index (χ0v) is 12.4. The summed E-state index contributed by atoms with van der Waals surface area (Å²) in [5.41, 5.74) is 9.04. The van der Waals surface area contributed by atoms with Gasteiger partial charge in [-0.2, -0.15) is 0 Å². The maximum Gasteiger partial charge on any atom is 0.251 e. The molecule has 0 saturated carbocycles. The highest BCUT2D eigenvalue weighted by Gasteiger charge is 2.13. The lowest BCUT2D eigenvalue weighted by atomic mass is 10.0. The number of hydrogen-bond acceptors (Lipinski definition) is 2. The Bertz CT molecular complexity index is 662. The number of nitrogens with two attached hydrogens (primary N) is 1. The van der Waals surface area contributed by atoms with E-state index in [0.717, 1.165) is 11.1 Å². The molecule has 1 unspecified atom stereocenters. The molecular weight excluding hydrogens is 267 g/mol. The largest absolute Gasteiger partial charge is 0.399 e. The number of nitrogen functional groups attached to an aromatic ring is 1. The van der Waals surface area contributed by atoms with Crippen molar-refractivity contribution in [3.8, 4) is 0 Å². The van der Waals surface area contributed by atoms with Gasteiger partial charge < -0.3 is 11.1 Å². The molecule has 0 spiro atoms. The van der Waals surface area contributed by atoms with E-state index in [1.54, 1.807) is 31.2 Å².